The highest BCUT2D eigenvalue weighted by Crippen LogP contribution is 2.37. The molecule has 1 N–H and O–H groups in total. The van der Waals surface area contributed by atoms with E-state index in [4.69, 9.17) is 0 Å². The molecule has 1 aliphatic heterocycles. The van der Waals surface area contributed by atoms with Crippen molar-refractivity contribution in [3.63, 3.8) is 0 Å². The van der Waals surface area contributed by atoms with Crippen molar-refractivity contribution in [2.24, 2.45) is 0 Å². The van der Waals surface area contributed by atoms with E-state index in [1.54, 1.807) is 13.0 Å². The summed E-state index contributed by atoms with van der Waals surface area (Å²) in [4.78, 5) is 14.2. The molecule has 166 valence electrons. The molecular formula is C22H23F3N2O3S. The molecule has 1 unspecified atom stereocenters. The van der Waals surface area contributed by atoms with Crippen LogP contribution < -0.4 is 10.2 Å². The number of benzene rings is 2. The minimum absolute atomic E-state index is 0.188. The van der Waals surface area contributed by atoms with Crippen molar-refractivity contribution in [2.45, 2.75) is 31.8 Å². The second kappa shape index (κ2) is 9.13. The zero-order valence-corrected chi connectivity index (χ0v) is 17.9. The zero-order chi connectivity index (χ0) is 22.8. The van der Waals surface area contributed by atoms with E-state index < -0.39 is 39.2 Å². The molecule has 0 aliphatic carbocycles. The van der Waals surface area contributed by atoms with Crippen molar-refractivity contribution in [1.29, 1.82) is 0 Å². The number of hydrogen-bond donors (Lipinski definition) is 1. The Bertz CT molecular complexity index is 1120. The summed E-state index contributed by atoms with van der Waals surface area (Å²) in [5.74, 6) is -2.74. The zero-order valence-electron chi connectivity index (χ0n) is 17.1. The number of sulfone groups is 1. The SMILES string of the molecule is C[C@H](/C=C/S(C)(=O)=O)NC(=O)c1ccc(N2CCCC2c2ccc(F)cc2F)cc1F. The quantitative estimate of drug-likeness (QED) is 0.716. The standard InChI is InChI=1S/C22H23F3N2O3S/c1-14(9-11-31(2,29)30)26-22(28)18-8-6-16(13-20(18)25)27-10-3-4-21(27)17-7-5-15(23)12-19(17)24/h5-9,11-14,21H,3-4,10H2,1-2H3,(H,26,28)/b11-9+/t14-,21?/m1/s1. The lowest BCUT2D eigenvalue weighted by Crippen LogP contribution is -2.32. The number of halogens is 3. The van der Waals surface area contributed by atoms with Crippen LogP contribution in [0.25, 0.3) is 0 Å². The van der Waals surface area contributed by atoms with Crippen LogP contribution in [0.5, 0.6) is 0 Å². The van der Waals surface area contributed by atoms with Gasteiger partial charge >= 0.3 is 0 Å². The predicted molar refractivity (Wildman–Crippen MR) is 113 cm³/mol. The number of rotatable bonds is 6. The van der Waals surface area contributed by atoms with E-state index in [1.807, 2.05) is 4.90 Å². The molecule has 0 bridgehead atoms. The summed E-state index contributed by atoms with van der Waals surface area (Å²) in [6.07, 6.45) is 3.72. The Labute approximate surface area is 179 Å². The van der Waals surface area contributed by atoms with Crippen LogP contribution in [0.4, 0.5) is 18.9 Å². The van der Waals surface area contributed by atoms with Gasteiger partial charge in [0.2, 0.25) is 0 Å². The van der Waals surface area contributed by atoms with Gasteiger partial charge in [0.05, 0.1) is 11.6 Å². The second-order valence-electron chi connectivity index (χ2n) is 7.60. The molecule has 2 atom stereocenters. The van der Waals surface area contributed by atoms with Crippen LogP contribution in [-0.2, 0) is 9.84 Å². The Balaban J connectivity index is 1.78. The van der Waals surface area contributed by atoms with Gasteiger partial charge < -0.3 is 10.2 Å². The third-order valence-corrected chi connectivity index (χ3v) is 5.73. The lowest BCUT2D eigenvalue weighted by atomic mass is 10.0. The normalized spacial score (nSPS) is 17.8. The average molecular weight is 452 g/mol. The third-order valence-electron chi connectivity index (χ3n) is 5.08. The highest BCUT2D eigenvalue weighted by molar-refractivity contribution is 7.93. The van der Waals surface area contributed by atoms with Gasteiger partial charge in [-0.3, -0.25) is 4.79 Å². The van der Waals surface area contributed by atoms with Gasteiger partial charge in [0.25, 0.3) is 5.91 Å². The minimum atomic E-state index is -3.34. The summed E-state index contributed by atoms with van der Waals surface area (Å²) >= 11 is 0. The Morgan fingerprint density at radius 3 is 2.55 bits per heavy atom. The molecule has 2 aromatic carbocycles. The van der Waals surface area contributed by atoms with E-state index in [0.29, 0.717) is 24.2 Å². The monoisotopic (exact) mass is 452 g/mol. The summed E-state index contributed by atoms with van der Waals surface area (Å²) in [5, 5.41) is 3.49. The highest BCUT2D eigenvalue weighted by Gasteiger charge is 2.29. The van der Waals surface area contributed by atoms with Crippen molar-refractivity contribution in [3.05, 3.63) is 76.5 Å². The molecule has 2 aromatic rings. The number of anilines is 1. The molecule has 0 aromatic heterocycles. The number of carbonyl (C=O) groups is 1. The molecule has 1 aliphatic rings. The van der Waals surface area contributed by atoms with E-state index in [1.165, 1.54) is 30.3 Å². The van der Waals surface area contributed by atoms with Crippen molar-refractivity contribution in [1.82, 2.24) is 5.32 Å². The summed E-state index contributed by atoms with van der Waals surface area (Å²) in [6.45, 7) is 2.14. The van der Waals surface area contributed by atoms with E-state index in [9.17, 15) is 26.4 Å². The van der Waals surface area contributed by atoms with Crippen molar-refractivity contribution >= 4 is 21.4 Å². The maximum Gasteiger partial charge on any atom is 0.254 e. The maximum absolute atomic E-state index is 14.7. The first-order valence-electron chi connectivity index (χ1n) is 9.75. The van der Waals surface area contributed by atoms with E-state index in [2.05, 4.69) is 5.32 Å². The lowest BCUT2D eigenvalue weighted by Gasteiger charge is -2.28. The molecule has 1 heterocycles. The fourth-order valence-corrected chi connectivity index (χ4v) is 4.15. The van der Waals surface area contributed by atoms with Crippen LogP contribution in [0, 0.1) is 17.5 Å². The Morgan fingerprint density at radius 2 is 1.90 bits per heavy atom. The van der Waals surface area contributed by atoms with E-state index >= 15 is 0 Å². The van der Waals surface area contributed by atoms with Crippen molar-refractivity contribution in [2.75, 3.05) is 17.7 Å². The predicted octanol–water partition coefficient (Wildman–Crippen LogP) is 4.12. The number of nitrogens with zero attached hydrogens (tertiary/aromatic N) is 1. The van der Waals surface area contributed by atoms with Gasteiger partial charge in [-0.05, 0) is 44.0 Å². The maximum atomic E-state index is 14.7. The smallest absolute Gasteiger partial charge is 0.254 e. The van der Waals surface area contributed by atoms with Crippen molar-refractivity contribution in [3.8, 4) is 0 Å². The Morgan fingerprint density at radius 1 is 1.16 bits per heavy atom. The Hall–Kier alpha value is -2.81. The molecule has 1 saturated heterocycles. The van der Waals surface area contributed by atoms with Crippen LogP contribution in [0.3, 0.4) is 0 Å². The fourth-order valence-electron chi connectivity index (χ4n) is 3.63. The van der Waals surface area contributed by atoms with E-state index in [-0.39, 0.29) is 11.6 Å². The molecule has 31 heavy (non-hydrogen) atoms. The van der Waals surface area contributed by atoms with Crippen LogP contribution >= 0.6 is 0 Å². The van der Waals surface area contributed by atoms with Gasteiger partial charge in [0.1, 0.15) is 17.5 Å². The average Bonchev–Trinajstić information content (AvgIpc) is 3.15. The molecule has 3 rings (SSSR count). The summed E-state index contributed by atoms with van der Waals surface area (Å²) in [7, 11) is -3.34. The fraction of sp³-hybridized carbons (Fsp3) is 0.318. The first kappa shape index (κ1) is 22.9. The van der Waals surface area contributed by atoms with Gasteiger partial charge in [-0.25, -0.2) is 21.6 Å². The molecule has 0 saturated carbocycles. The van der Waals surface area contributed by atoms with Crippen LogP contribution in [-0.4, -0.2) is 33.2 Å². The summed E-state index contributed by atoms with van der Waals surface area (Å²) < 4.78 is 64.6. The first-order chi connectivity index (χ1) is 14.5. The number of nitrogens with one attached hydrogen (secondary N) is 1. The molecule has 5 nitrogen and oxygen atoms in total. The molecule has 0 spiro atoms. The number of hydrogen-bond acceptors (Lipinski definition) is 4. The molecule has 1 fully saturated rings. The molecule has 9 heteroatoms. The van der Waals surface area contributed by atoms with Crippen molar-refractivity contribution < 1.29 is 26.4 Å². The van der Waals surface area contributed by atoms with Gasteiger partial charge in [0.15, 0.2) is 9.84 Å². The van der Waals surface area contributed by atoms with Crippen LogP contribution in [0.1, 0.15) is 41.7 Å². The summed E-state index contributed by atoms with van der Waals surface area (Å²) in [6, 6.07) is 6.58. The molecule has 0 radical (unpaired) electrons. The van der Waals surface area contributed by atoms with Crippen LogP contribution in [0.15, 0.2) is 47.9 Å². The topological polar surface area (TPSA) is 66.5 Å². The highest BCUT2D eigenvalue weighted by atomic mass is 32.2. The Kier molecular flexibility index (Phi) is 6.74. The van der Waals surface area contributed by atoms with Gasteiger partial charge in [-0.15, -0.1) is 0 Å². The largest absolute Gasteiger partial charge is 0.364 e. The van der Waals surface area contributed by atoms with Crippen LogP contribution in [0.2, 0.25) is 0 Å². The summed E-state index contributed by atoms with van der Waals surface area (Å²) in [5.41, 5.74) is 0.643. The minimum Gasteiger partial charge on any atom is -0.364 e. The molecule has 1 amide bonds. The molecular weight excluding hydrogens is 429 g/mol. The first-order valence-corrected chi connectivity index (χ1v) is 11.7. The third kappa shape index (κ3) is 5.66. The number of carbonyl (C=O) groups excluding carboxylic acids is 1. The lowest BCUT2D eigenvalue weighted by molar-refractivity contribution is 0.0943. The number of amides is 1. The second-order valence-corrected chi connectivity index (χ2v) is 9.53. The van der Waals surface area contributed by atoms with E-state index in [0.717, 1.165) is 24.2 Å². The van der Waals surface area contributed by atoms with Gasteiger partial charge in [-0.1, -0.05) is 12.1 Å². The van der Waals surface area contributed by atoms with Gasteiger partial charge in [0, 0.05) is 41.6 Å². The van der Waals surface area contributed by atoms with Gasteiger partial charge in [-0.2, -0.15) is 0 Å².